The van der Waals surface area contributed by atoms with Gasteiger partial charge in [-0.1, -0.05) is 102 Å². The zero-order valence-corrected chi connectivity index (χ0v) is 19.5. The number of carboxylic acid groups (broad SMARTS) is 2. The van der Waals surface area contributed by atoms with Gasteiger partial charge in [0.25, 0.3) is 0 Å². The van der Waals surface area contributed by atoms with Crippen molar-refractivity contribution in [3.05, 3.63) is 36.0 Å². The highest BCUT2D eigenvalue weighted by Gasteiger charge is 2.34. The van der Waals surface area contributed by atoms with Gasteiger partial charge < -0.3 is 10.2 Å². The molecule has 0 radical (unpaired) electrons. The van der Waals surface area contributed by atoms with Crippen LogP contribution in [0.25, 0.3) is 0 Å². The van der Waals surface area contributed by atoms with E-state index in [1.165, 1.54) is 109 Å². The third-order valence-electron chi connectivity index (χ3n) is 5.45. The minimum atomic E-state index is -1.08. The number of unbranched alkanes of at least 4 members (excludes halogenated alkanes) is 11. The molecular formula is C26H44O4. The molecule has 0 aromatic carbocycles. The largest absolute Gasteiger partial charge is 0.481 e. The second kappa shape index (κ2) is 18.0. The molecule has 172 valence electrons. The lowest BCUT2D eigenvalue weighted by Crippen LogP contribution is -2.28. The van der Waals surface area contributed by atoms with Gasteiger partial charge in [0.15, 0.2) is 0 Å². The molecule has 1 atom stereocenters. The summed E-state index contributed by atoms with van der Waals surface area (Å²) < 4.78 is 0. The van der Waals surface area contributed by atoms with Crippen molar-refractivity contribution < 1.29 is 19.8 Å². The van der Waals surface area contributed by atoms with Crippen LogP contribution in [0.5, 0.6) is 0 Å². The molecule has 1 aliphatic carbocycles. The molecule has 0 saturated carbocycles. The lowest BCUT2D eigenvalue weighted by molar-refractivity contribution is -0.145. The van der Waals surface area contributed by atoms with Gasteiger partial charge in [0, 0.05) is 5.57 Å². The Balaban J connectivity index is 0.000000579. The van der Waals surface area contributed by atoms with Crippen LogP contribution < -0.4 is 0 Å². The molecule has 0 bridgehead atoms. The summed E-state index contributed by atoms with van der Waals surface area (Å²) >= 11 is 0. The van der Waals surface area contributed by atoms with E-state index in [4.69, 9.17) is 10.2 Å². The van der Waals surface area contributed by atoms with Gasteiger partial charge in [-0.25, -0.2) is 4.79 Å². The van der Waals surface area contributed by atoms with Crippen molar-refractivity contribution in [3.8, 4) is 0 Å². The van der Waals surface area contributed by atoms with Crippen molar-refractivity contribution in [2.24, 2.45) is 5.41 Å². The van der Waals surface area contributed by atoms with E-state index in [-0.39, 0.29) is 12.0 Å². The number of hydrogen-bond acceptors (Lipinski definition) is 2. The van der Waals surface area contributed by atoms with E-state index < -0.39 is 17.4 Å². The average molecular weight is 421 g/mol. The highest BCUT2D eigenvalue weighted by Crippen LogP contribution is 2.31. The van der Waals surface area contributed by atoms with Gasteiger partial charge in [-0.2, -0.15) is 0 Å². The Labute approximate surface area is 184 Å². The van der Waals surface area contributed by atoms with Gasteiger partial charge in [0.05, 0.1) is 5.41 Å². The first-order valence-corrected chi connectivity index (χ1v) is 11.9. The summed E-state index contributed by atoms with van der Waals surface area (Å²) in [4.78, 5) is 21.3. The summed E-state index contributed by atoms with van der Waals surface area (Å²) in [6.45, 7) is 6.05. The number of rotatable bonds is 15. The molecule has 0 amide bonds. The minimum absolute atomic E-state index is 0.0359. The molecular weight excluding hydrogens is 376 g/mol. The van der Waals surface area contributed by atoms with Gasteiger partial charge in [-0.05, 0) is 39.0 Å². The molecule has 1 aliphatic rings. The maximum absolute atomic E-state index is 10.8. The van der Waals surface area contributed by atoms with Crippen molar-refractivity contribution in [3.63, 3.8) is 0 Å². The first kappa shape index (κ1) is 28.2. The van der Waals surface area contributed by atoms with Crippen molar-refractivity contribution >= 4 is 11.9 Å². The number of aliphatic carboxylic acids is 2. The van der Waals surface area contributed by atoms with E-state index in [2.05, 4.69) is 26.0 Å². The number of hydrogen-bond donors (Lipinski definition) is 2. The Morgan fingerprint density at radius 1 is 0.867 bits per heavy atom. The van der Waals surface area contributed by atoms with E-state index >= 15 is 0 Å². The summed E-state index contributed by atoms with van der Waals surface area (Å²) in [6.07, 6.45) is 27.4. The fourth-order valence-electron chi connectivity index (χ4n) is 3.33. The van der Waals surface area contributed by atoms with Crippen LogP contribution >= 0.6 is 0 Å². The van der Waals surface area contributed by atoms with Gasteiger partial charge in [-0.3, -0.25) is 4.79 Å². The molecule has 4 nitrogen and oxygen atoms in total. The van der Waals surface area contributed by atoms with Crippen LogP contribution in [0.15, 0.2) is 36.0 Å². The molecule has 1 rings (SSSR count). The lowest BCUT2D eigenvalue weighted by Gasteiger charge is -2.23. The Kier molecular flexibility index (Phi) is 16.9. The highest BCUT2D eigenvalue weighted by atomic mass is 16.4. The molecule has 2 N–H and O–H groups in total. The van der Waals surface area contributed by atoms with Crippen molar-refractivity contribution in [2.45, 2.75) is 111 Å². The zero-order valence-electron chi connectivity index (χ0n) is 19.5. The maximum atomic E-state index is 10.8. The van der Waals surface area contributed by atoms with Crippen LogP contribution in [0.3, 0.4) is 0 Å². The second-order valence-electron chi connectivity index (χ2n) is 8.49. The summed E-state index contributed by atoms with van der Waals surface area (Å²) in [7, 11) is 0. The zero-order chi connectivity index (χ0) is 22.7. The molecule has 0 fully saturated rings. The van der Waals surface area contributed by atoms with Crippen LogP contribution in [0.1, 0.15) is 111 Å². The Hall–Kier alpha value is -1.84. The van der Waals surface area contributed by atoms with E-state index in [1.807, 2.05) is 0 Å². The van der Waals surface area contributed by atoms with Crippen LogP contribution in [0, 0.1) is 5.41 Å². The molecule has 0 aromatic heterocycles. The number of carboxylic acids is 2. The third-order valence-corrected chi connectivity index (χ3v) is 5.45. The van der Waals surface area contributed by atoms with Crippen molar-refractivity contribution in [1.29, 1.82) is 0 Å². The standard InChI is InChI=1S/C17H34.C9H10O4/c1-3-5-7-9-11-13-15-17-16-14-12-10-8-6-4-2;1-9(8(12)13)4-2-3-6(5-9)7(10)11/h11,13H,3-10,12,14-17H2,1-2H3;2-4H,5H2,1H3,(H,10,11)(H,12,13). The smallest absolute Gasteiger partial charge is 0.331 e. The fraction of sp³-hybridized carbons (Fsp3) is 0.692. The minimum Gasteiger partial charge on any atom is -0.481 e. The molecule has 0 spiro atoms. The quantitative estimate of drug-likeness (QED) is 0.210. The van der Waals surface area contributed by atoms with Crippen LogP contribution in [-0.2, 0) is 9.59 Å². The van der Waals surface area contributed by atoms with E-state index in [9.17, 15) is 9.59 Å². The molecule has 0 aliphatic heterocycles. The van der Waals surface area contributed by atoms with Crippen molar-refractivity contribution in [2.75, 3.05) is 0 Å². The molecule has 30 heavy (non-hydrogen) atoms. The monoisotopic (exact) mass is 420 g/mol. The topological polar surface area (TPSA) is 74.6 Å². The second-order valence-corrected chi connectivity index (χ2v) is 8.49. The van der Waals surface area contributed by atoms with Gasteiger partial charge >= 0.3 is 11.9 Å². The Morgan fingerprint density at radius 3 is 1.83 bits per heavy atom. The summed E-state index contributed by atoms with van der Waals surface area (Å²) in [5.74, 6) is -2.06. The Bertz CT molecular complexity index is 559. The van der Waals surface area contributed by atoms with Gasteiger partial charge in [0.2, 0.25) is 0 Å². The van der Waals surface area contributed by atoms with Gasteiger partial charge in [-0.15, -0.1) is 0 Å². The molecule has 0 heterocycles. The Morgan fingerprint density at radius 2 is 1.33 bits per heavy atom. The molecule has 0 aromatic rings. The summed E-state index contributed by atoms with van der Waals surface area (Å²) in [6, 6.07) is 0. The lowest BCUT2D eigenvalue weighted by atomic mass is 9.80. The first-order chi connectivity index (χ1) is 14.4. The third kappa shape index (κ3) is 14.2. The summed E-state index contributed by atoms with van der Waals surface area (Å²) in [5.41, 5.74) is -0.949. The number of allylic oxidation sites excluding steroid dienone is 4. The van der Waals surface area contributed by atoms with E-state index in [1.54, 1.807) is 0 Å². The molecule has 0 saturated heterocycles. The van der Waals surface area contributed by atoms with Crippen LogP contribution in [0.2, 0.25) is 0 Å². The van der Waals surface area contributed by atoms with Crippen LogP contribution in [0.4, 0.5) is 0 Å². The molecule has 1 unspecified atom stereocenters. The van der Waals surface area contributed by atoms with E-state index in [0.717, 1.165) is 0 Å². The van der Waals surface area contributed by atoms with Gasteiger partial charge in [0.1, 0.15) is 0 Å². The van der Waals surface area contributed by atoms with Crippen LogP contribution in [-0.4, -0.2) is 22.2 Å². The molecule has 4 heteroatoms. The highest BCUT2D eigenvalue weighted by molar-refractivity contribution is 5.90. The predicted molar refractivity (Wildman–Crippen MR) is 126 cm³/mol. The number of carbonyl (C=O) groups is 2. The first-order valence-electron chi connectivity index (χ1n) is 11.9. The maximum Gasteiger partial charge on any atom is 0.331 e. The fourth-order valence-corrected chi connectivity index (χ4v) is 3.33. The predicted octanol–water partition coefficient (Wildman–Crippen LogP) is 7.70. The SMILES string of the molecule is CC1(C(=O)O)C=CC=C(C(=O)O)C1.CCCCCC=CCCCCCCCCCC. The summed E-state index contributed by atoms with van der Waals surface area (Å²) in [5, 5.41) is 17.5. The normalized spacial score (nSPS) is 18.0. The van der Waals surface area contributed by atoms with Crippen molar-refractivity contribution in [1.82, 2.24) is 0 Å². The van der Waals surface area contributed by atoms with E-state index in [0.29, 0.717) is 0 Å². The average Bonchev–Trinajstić information content (AvgIpc) is 2.72.